The third-order valence-corrected chi connectivity index (χ3v) is 0.810. The van der Waals surface area contributed by atoms with Crippen molar-refractivity contribution < 1.29 is 19.8 Å². The molecule has 0 aromatic carbocycles. The SMILES string of the molecule is CN(CC(=O)O)CC(=O)O.[NaH].[NaH].[NaH]. The average Bonchev–Trinajstić information content (AvgIpc) is 1.58. The number of nitrogens with zero attached hydrogens (tertiary/aromatic N) is 1. The number of hydrogen-bond acceptors (Lipinski definition) is 3. The molecule has 0 unspecified atom stereocenters. The van der Waals surface area contributed by atoms with Crippen molar-refractivity contribution in [2.75, 3.05) is 20.1 Å². The molecule has 0 radical (unpaired) electrons. The minimum absolute atomic E-state index is 0. The summed E-state index contributed by atoms with van der Waals surface area (Å²) in [6, 6.07) is 0. The van der Waals surface area contributed by atoms with Gasteiger partial charge in [0.15, 0.2) is 0 Å². The predicted octanol–water partition coefficient (Wildman–Crippen LogP) is -2.86. The molecule has 8 heteroatoms. The van der Waals surface area contributed by atoms with Gasteiger partial charge in [-0.25, -0.2) is 0 Å². The number of carboxylic acid groups (broad SMARTS) is 2. The van der Waals surface area contributed by atoms with Gasteiger partial charge in [0, 0.05) is 0 Å². The van der Waals surface area contributed by atoms with Gasteiger partial charge in [-0.3, -0.25) is 14.5 Å². The fourth-order valence-electron chi connectivity index (χ4n) is 0.518. The molecule has 0 aliphatic carbocycles. The number of carbonyl (C=O) groups is 2. The van der Waals surface area contributed by atoms with Crippen molar-refractivity contribution in [1.29, 1.82) is 0 Å². The van der Waals surface area contributed by atoms with Gasteiger partial charge in [0.05, 0.1) is 13.1 Å². The van der Waals surface area contributed by atoms with Gasteiger partial charge in [0.2, 0.25) is 0 Å². The molecule has 0 rings (SSSR count). The first-order chi connectivity index (χ1) is 4.52. The quantitative estimate of drug-likeness (QED) is 0.497. The summed E-state index contributed by atoms with van der Waals surface area (Å²) in [5.41, 5.74) is 0. The number of rotatable bonds is 4. The van der Waals surface area contributed by atoms with E-state index in [1.165, 1.54) is 11.9 Å². The molecule has 0 spiro atoms. The molecule has 0 saturated heterocycles. The molecule has 0 saturated carbocycles. The second-order valence-corrected chi connectivity index (χ2v) is 1.96. The van der Waals surface area contributed by atoms with E-state index in [1.54, 1.807) is 0 Å². The Bertz CT molecular complexity index is 139. The Balaban J connectivity index is -0.000000135. The van der Waals surface area contributed by atoms with Gasteiger partial charge in [-0.2, -0.15) is 0 Å². The van der Waals surface area contributed by atoms with E-state index in [2.05, 4.69) is 0 Å². The third kappa shape index (κ3) is 20.1. The molecule has 5 nitrogen and oxygen atoms in total. The molecule has 0 atom stereocenters. The number of hydrogen-bond donors (Lipinski definition) is 2. The van der Waals surface area contributed by atoms with E-state index < -0.39 is 11.9 Å². The van der Waals surface area contributed by atoms with Crippen molar-refractivity contribution in [1.82, 2.24) is 4.90 Å². The van der Waals surface area contributed by atoms with E-state index in [1.807, 2.05) is 0 Å². The Labute approximate surface area is 143 Å². The molecule has 0 bridgehead atoms. The van der Waals surface area contributed by atoms with Gasteiger partial charge in [-0.05, 0) is 7.05 Å². The topological polar surface area (TPSA) is 77.8 Å². The first kappa shape index (κ1) is 24.2. The first-order valence-corrected chi connectivity index (χ1v) is 2.64. The van der Waals surface area contributed by atoms with Crippen LogP contribution in [0, 0.1) is 0 Å². The Kier molecular flexibility index (Phi) is 25.9. The molecular weight excluding hydrogens is 207 g/mol. The Hall–Kier alpha value is 1.90. The molecular formula is C5H12NNa3O4. The molecule has 2 N–H and O–H groups in total. The zero-order chi connectivity index (χ0) is 8.15. The van der Waals surface area contributed by atoms with Crippen LogP contribution in [0.1, 0.15) is 0 Å². The zero-order valence-electron chi connectivity index (χ0n) is 5.57. The zero-order valence-corrected chi connectivity index (χ0v) is 5.57. The molecule has 0 amide bonds. The van der Waals surface area contributed by atoms with Crippen LogP contribution in [0.25, 0.3) is 0 Å². The van der Waals surface area contributed by atoms with Crippen molar-refractivity contribution >= 4 is 101 Å². The van der Waals surface area contributed by atoms with Gasteiger partial charge in [-0.1, -0.05) is 0 Å². The minimum atomic E-state index is -1.02. The van der Waals surface area contributed by atoms with Crippen LogP contribution in [-0.4, -0.2) is 136 Å². The van der Waals surface area contributed by atoms with Crippen molar-refractivity contribution in [3.63, 3.8) is 0 Å². The maximum atomic E-state index is 9.96. The summed E-state index contributed by atoms with van der Waals surface area (Å²) in [6.07, 6.45) is 0. The second-order valence-electron chi connectivity index (χ2n) is 1.96. The molecule has 0 fully saturated rings. The summed E-state index contributed by atoms with van der Waals surface area (Å²) in [6.45, 7) is -0.488. The Morgan fingerprint density at radius 2 is 1.23 bits per heavy atom. The van der Waals surface area contributed by atoms with Crippen LogP contribution in [0.15, 0.2) is 0 Å². The van der Waals surface area contributed by atoms with Crippen molar-refractivity contribution in [2.45, 2.75) is 0 Å². The van der Waals surface area contributed by atoms with Crippen LogP contribution < -0.4 is 0 Å². The second kappa shape index (κ2) is 13.9. The van der Waals surface area contributed by atoms with Crippen LogP contribution in [0.5, 0.6) is 0 Å². The average molecular weight is 219 g/mol. The predicted molar refractivity (Wildman–Crippen MR) is 54.2 cm³/mol. The monoisotopic (exact) mass is 219 g/mol. The molecule has 0 aromatic heterocycles. The number of aliphatic carboxylic acids is 2. The van der Waals surface area contributed by atoms with E-state index in [4.69, 9.17) is 10.2 Å². The van der Waals surface area contributed by atoms with Crippen LogP contribution in [0.4, 0.5) is 0 Å². The summed E-state index contributed by atoms with van der Waals surface area (Å²) in [5, 5.41) is 16.3. The van der Waals surface area contributed by atoms with Crippen LogP contribution >= 0.6 is 0 Å². The summed E-state index contributed by atoms with van der Waals surface area (Å²) < 4.78 is 0. The molecule has 64 valence electrons. The summed E-state index contributed by atoms with van der Waals surface area (Å²) >= 11 is 0. The van der Waals surface area contributed by atoms with E-state index in [0.717, 1.165) is 0 Å². The molecule has 0 heterocycles. The van der Waals surface area contributed by atoms with Crippen molar-refractivity contribution in [3.8, 4) is 0 Å². The van der Waals surface area contributed by atoms with Crippen LogP contribution in [-0.2, 0) is 9.59 Å². The fraction of sp³-hybridized carbons (Fsp3) is 0.600. The maximum absolute atomic E-state index is 9.96. The Morgan fingerprint density at radius 3 is 1.38 bits per heavy atom. The van der Waals surface area contributed by atoms with Gasteiger partial charge in [-0.15, -0.1) is 0 Å². The normalized spacial score (nSPS) is 7.54. The number of carboxylic acids is 2. The van der Waals surface area contributed by atoms with Gasteiger partial charge in [0.1, 0.15) is 0 Å². The van der Waals surface area contributed by atoms with Crippen LogP contribution in [0.2, 0.25) is 0 Å². The standard InChI is InChI=1S/C5H9NO4.3Na.3H/c1-6(2-4(7)8)3-5(9)10;;;;;;/h2-3H2,1H3,(H,7,8)(H,9,10);;;;;;. The van der Waals surface area contributed by atoms with Gasteiger partial charge in [0.25, 0.3) is 0 Å². The molecule has 0 aliphatic rings. The first-order valence-electron chi connectivity index (χ1n) is 2.64. The van der Waals surface area contributed by atoms with Gasteiger partial charge < -0.3 is 10.2 Å². The summed E-state index contributed by atoms with van der Waals surface area (Å²) in [5.74, 6) is -2.05. The van der Waals surface area contributed by atoms with E-state index in [-0.39, 0.29) is 102 Å². The third-order valence-electron chi connectivity index (χ3n) is 0.810. The Morgan fingerprint density at radius 1 is 1.00 bits per heavy atom. The molecule has 0 aromatic rings. The number of likely N-dealkylation sites (N-methyl/N-ethyl adjacent to an activating group) is 1. The van der Waals surface area contributed by atoms with E-state index >= 15 is 0 Å². The van der Waals surface area contributed by atoms with Gasteiger partial charge >= 0.3 is 101 Å². The fourth-order valence-corrected chi connectivity index (χ4v) is 0.518. The molecule has 0 aliphatic heterocycles. The van der Waals surface area contributed by atoms with E-state index in [0.29, 0.717) is 0 Å². The summed E-state index contributed by atoms with van der Waals surface area (Å²) in [4.78, 5) is 21.1. The van der Waals surface area contributed by atoms with Crippen molar-refractivity contribution in [2.24, 2.45) is 0 Å². The van der Waals surface area contributed by atoms with E-state index in [9.17, 15) is 9.59 Å². The van der Waals surface area contributed by atoms with Crippen LogP contribution in [0.3, 0.4) is 0 Å². The summed E-state index contributed by atoms with van der Waals surface area (Å²) in [7, 11) is 1.43. The molecule has 13 heavy (non-hydrogen) atoms. The van der Waals surface area contributed by atoms with Crippen molar-refractivity contribution in [3.05, 3.63) is 0 Å².